The minimum Gasteiger partial charge on any atom is -0.440 e. The Morgan fingerprint density at radius 2 is 2.60 bits per heavy atom. The highest BCUT2D eigenvalue weighted by molar-refractivity contribution is 7.99. The summed E-state index contributed by atoms with van der Waals surface area (Å²) in [6, 6.07) is 0. The minimum atomic E-state index is 0.730. The molecule has 3 nitrogen and oxygen atoms in total. The standard InChI is InChI=1S/C6H10N2OS/c7-2-1-5-10-6-8-3-4-9-6/h3-4H,1-2,5,7H2. The first-order chi connectivity index (χ1) is 4.93. The van der Waals surface area contributed by atoms with E-state index in [4.69, 9.17) is 10.2 Å². The molecule has 4 heteroatoms. The van der Waals surface area contributed by atoms with Gasteiger partial charge in [-0.25, -0.2) is 4.98 Å². The summed E-state index contributed by atoms with van der Waals surface area (Å²) < 4.78 is 4.99. The third-order valence-corrected chi connectivity index (χ3v) is 1.93. The lowest BCUT2D eigenvalue weighted by molar-refractivity contribution is 0.454. The van der Waals surface area contributed by atoms with Crippen LogP contribution in [0, 0.1) is 0 Å². The van der Waals surface area contributed by atoms with Gasteiger partial charge in [0, 0.05) is 5.75 Å². The monoisotopic (exact) mass is 158 g/mol. The molecule has 0 aromatic carbocycles. The molecule has 0 radical (unpaired) electrons. The van der Waals surface area contributed by atoms with Gasteiger partial charge in [0.1, 0.15) is 6.26 Å². The maximum atomic E-state index is 5.30. The summed E-state index contributed by atoms with van der Waals surface area (Å²) in [5, 5.41) is 0.730. The average Bonchev–Trinajstić information content (AvgIpc) is 2.41. The Balaban J connectivity index is 2.15. The predicted octanol–water partition coefficient (Wildman–Crippen LogP) is 1.12. The van der Waals surface area contributed by atoms with Gasteiger partial charge in [-0.3, -0.25) is 0 Å². The molecule has 0 saturated heterocycles. The molecule has 0 fully saturated rings. The minimum absolute atomic E-state index is 0.730. The van der Waals surface area contributed by atoms with Gasteiger partial charge in [-0.2, -0.15) is 0 Å². The zero-order valence-electron chi connectivity index (χ0n) is 5.62. The van der Waals surface area contributed by atoms with E-state index >= 15 is 0 Å². The lowest BCUT2D eigenvalue weighted by Crippen LogP contribution is -1.99. The summed E-state index contributed by atoms with van der Waals surface area (Å²) in [5.41, 5.74) is 5.30. The highest BCUT2D eigenvalue weighted by Gasteiger charge is 1.95. The molecule has 1 heterocycles. The van der Waals surface area contributed by atoms with Crippen LogP contribution in [0.3, 0.4) is 0 Å². The topological polar surface area (TPSA) is 52.0 Å². The Labute approximate surface area is 64.0 Å². The zero-order chi connectivity index (χ0) is 7.23. The van der Waals surface area contributed by atoms with Gasteiger partial charge in [0.15, 0.2) is 0 Å². The summed E-state index contributed by atoms with van der Waals surface area (Å²) in [6.07, 6.45) is 4.22. The third kappa shape index (κ3) is 2.41. The van der Waals surface area contributed by atoms with E-state index in [1.165, 1.54) is 0 Å². The van der Waals surface area contributed by atoms with Crippen LogP contribution in [0.1, 0.15) is 6.42 Å². The summed E-state index contributed by atoms with van der Waals surface area (Å²) in [5.74, 6) is 0.983. The smallest absolute Gasteiger partial charge is 0.255 e. The number of aromatic nitrogens is 1. The molecule has 0 aliphatic rings. The fourth-order valence-corrected chi connectivity index (χ4v) is 1.27. The molecule has 0 bridgehead atoms. The maximum Gasteiger partial charge on any atom is 0.255 e. The second kappa shape index (κ2) is 4.35. The van der Waals surface area contributed by atoms with Crippen molar-refractivity contribution in [2.24, 2.45) is 5.73 Å². The molecule has 0 spiro atoms. The van der Waals surface area contributed by atoms with Gasteiger partial charge in [-0.05, 0) is 13.0 Å². The molecule has 0 saturated carbocycles. The summed E-state index contributed by atoms with van der Waals surface area (Å²) in [4.78, 5) is 3.94. The van der Waals surface area contributed by atoms with Crippen LogP contribution in [0.15, 0.2) is 22.1 Å². The lowest BCUT2D eigenvalue weighted by Gasteiger charge is -1.91. The molecule has 1 aromatic rings. The molecule has 0 amide bonds. The van der Waals surface area contributed by atoms with Crippen molar-refractivity contribution in [3.8, 4) is 0 Å². The Morgan fingerprint density at radius 1 is 1.70 bits per heavy atom. The molecule has 0 atom stereocenters. The SMILES string of the molecule is NCCCSc1ncco1. The first-order valence-corrected chi connectivity index (χ1v) is 4.14. The Morgan fingerprint density at radius 3 is 3.20 bits per heavy atom. The van der Waals surface area contributed by atoms with Crippen LogP contribution < -0.4 is 5.73 Å². The predicted molar refractivity (Wildman–Crippen MR) is 40.9 cm³/mol. The number of nitrogens with two attached hydrogens (primary N) is 1. The van der Waals surface area contributed by atoms with Gasteiger partial charge in [-0.1, -0.05) is 11.8 Å². The second-order valence-electron chi connectivity index (χ2n) is 1.79. The van der Waals surface area contributed by atoms with Crippen LogP contribution in [-0.4, -0.2) is 17.3 Å². The van der Waals surface area contributed by atoms with Crippen molar-refractivity contribution >= 4 is 11.8 Å². The average molecular weight is 158 g/mol. The van der Waals surface area contributed by atoms with Gasteiger partial charge in [0.05, 0.1) is 6.20 Å². The largest absolute Gasteiger partial charge is 0.440 e. The van der Waals surface area contributed by atoms with E-state index in [0.29, 0.717) is 0 Å². The number of hydrogen-bond donors (Lipinski definition) is 1. The first-order valence-electron chi connectivity index (χ1n) is 3.16. The molecule has 0 unspecified atom stereocenters. The van der Waals surface area contributed by atoms with E-state index in [9.17, 15) is 0 Å². The summed E-state index contributed by atoms with van der Waals surface area (Å²) in [6.45, 7) is 0.730. The maximum absolute atomic E-state index is 5.30. The van der Waals surface area contributed by atoms with Crippen LogP contribution in [-0.2, 0) is 0 Å². The first kappa shape index (κ1) is 7.63. The number of hydrogen-bond acceptors (Lipinski definition) is 4. The Bertz CT molecular complexity index is 164. The molecular weight excluding hydrogens is 148 g/mol. The van der Waals surface area contributed by atoms with Gasteiger partial charge < -0.3 is 10.2 Å². The molecule has 1 aromatic heterocycles. The summed E-state index contributed by atoms with van der Waals surface area (Å²) >= 11 is 1.59. The van der Waals surface area contributed by atoms with Gasteiger partial charge >= 0.3 is 0 Å². The van der Waals surface area contributed by atoms with E-state index in [-0.39, 0.29) is 0 Å². The van der Waals surface area contributed by atoms with Gasteiger partial charge in [0.2, 0.25) is 0 Å². The normalized spacial score (nSPS) is 10.1. The molecule has 2 N–H and O–H groups in total. The van der Waals surface area contributed by atoms with Crippen molar-refractivity contribution in [3.63, 3.8) is 0 Å². The number of nitrogens with zero attached hydrogens (tertiary/aromatic N) is 1. The van der Waals surface area contributed by atoms with Crippen molar-refractivity contribution in [1.82, 2.24) is 4.98 Å². The lowest BCUT2D eigenvalue weighted by atomic mass is 10.5. The van der Waals surface area contributed by atoms with Crippen molar-refractivity contribution in [2.75, 3.05) is 12.3 Å². The van der Waals surface area contributed by atoms with E-state index in [0.717, 1.165) is 23.9 Å². The molecular formula is C6H10N2OS. The van der Waals surface area contributed by atoms with E-state index in [1.807, 2.05) is 0 Å². The highest BCUT2D eigenvalue weighted by Crippen LogP contribution is 2.14. The van der Waals surface area contributed by atoms with E-state index in [2.05, 4.69) is 4.98 Å². The van der Waals surface area contributed by atoms with Crippen molar-refractivity contribution < 1.29 is 4.42 Å². The van der Waals surface area contributed by atoms with Crippen LogP contribution in [0.4, 0.5) is 0 Å². The highest BCUT2D eigenvalue weighted by atomic mass is 32.2. The molecule has 10 heavy (non-hydrogen) atoms. The van der Waals surface area contributed by atoms with Crippen molar-refractivity contribution in [1.29, 1.82) is 0 Å². The zero-order valence-corrected chi connectivity index (χ0v) is 6.43. The molecule has 1 rings (SSSR count). The fraction of sp³-hybridized carbons (Fsp3) is 0.500. The second-order valence-corrected chi connectivity index (χ2v) is 2.83. The number of oxazole rings is 1. The van der Waals surface area contributed by atoms with Crippen LogP contribution in [0.25, 0.3) is 0 Å². The molecule has 56 valence electrons. The van der Waals surface area contributed by atoms with Crippen molar-refractivity contribution in [3.05, 3.63) is 12.5 Å². The van der Waals surface area contributed by atoms with E-state index < -0.39 is 0 Å². The Hall–Kier alpha value is -0.480. The van der Waals surface area contributed by atoms with E-state index in [1.54, 1.807) is 24.2 Å². The fourth-order valence-electron chi connectivity index (χ4n) is 0.524. The molecule has 0 aliphatic carbocycles. The summed E-state index contributed by atoms with van der Waals surface area (Å²) in [7, 11) is 0. The quantitative estimate of drug-likeness (QED) is 0.527. The Kier molecular flexibility index (Phi) is 3.32. The van der Waals surface area contributed by atoms with Crippen LogP contribution >= 0.6 is 11.8 Å². The van der Waals surface area contributed by atoms with Crippen LogP contribution in [0.2, 0.25) is 0 Å². The van der Waals surface area contributed by atoms with Gasteiger partial charge in [0.25, 0.3) is 5.22 Å². The van der Waals surface area contributed by atoms with Crippen LogP contribution in [0.5, 0.6) is 0 Å². The number of rotatable bonds is 4. The number of thioether (sulfide) groups is 1. The van der Waals surface area contributed by atoms with Gasteiger partial charge in [-0.15, -0.1) is 0 Å². The molecule has 0 aliphatic heterocycles. The third-order valence-electron chi connectivity index (χ3n) is 0.984. The van der Waals surface area contributed by atoms with Crippen molar-refractivity contribution in [2.45, 2.75) is 11.6 Å².